The van der Waals surface area contributed by atoms with Crippen molar-refractivity contribution in [3.8, 4) is 5.75 Å². The van der Waals surface area contributed by atoms with Crippen LogP contribution in [0, 0.1) is 0 Å². The highest BCUT2D eigenvalue weighted by atomic mass is 16.5. The Hall–Kier alpha value is -4.00. The number of rotatable bonds is 8. The molecular formula is C28H32N4O3. The van der Waals surface area contributed by atoms with E-state index in [-0.39, 0.29) is 12.6 Å². The van der Waals surface area contributed by atoms with Gasteiger partial charge in [0.05, 0.1) is 13.2 Å². The van der Waals surface area contributed by atoms with Crippen molar-refractivity contribution in [1.82, 2.24) is 10.6 Å². The van der Waals surface area contributed by atoms with Gasteiger partial charge in [-0.1, -0.05) is 42.5 Å². The molecule has 0 aliphatic carbocycles. The van der Waals surface area contributed by atoms with E-state index in [0.29, 0.717) is 6.54 Å². The van der Waals surface area contributed by atoms with Gasteiger partial charge in [-0.3, -0.25) is 9.59 Å². The molecular weight excluding hydrogens is 440 g/mol. The van der Waals surface area contributed by atoms with Gasteiger partial charge in [0.15, 0.2) is 0 Å². The molecule has 0 spiro atoms. The number of amides is 2. The van der Waals surface area contributed by atoms with E-state index >= 15 is 0 Å². The van der Waals surface area contributed by atoms with Crippen LogP contribution in [0.5, 0.6) is 5.75 Å². The number of nitrogens with one attached hydrogen (secondary N) is 2. The largest absolute Gasteiger partial charge is 0.497 e. The third kappa shape index (κ3) is 5.74. The molecule has 35 heavy (non-hydrogen) atoms. The summed E-state index contributed by atoms with van der Waals surface area (Å²) in [6.07, 6.45) is 0.957. The Morgan fingerprint density at radius 1 is 0.943 bits per heavy atom. The molecule has 0 fully saturated rings. The monoisotopic (exact) mass is 472 g/mol. The minimum Gasteiger partial charge on any atom is -0.497 e. The minimum atomic E-state index is -0.649. The lowest BCUT2D eigenvalue weighted by Crippen LogP contribution is -2.43. The number of nitrogens with zero attached hydrogens (tertiary/aromatic N) is 2. The molecule has 1 heterocycles. The molecule has 1 unspecified atom stereocenters. The van der Waals surface area contributed by atoms with E-state index in [1.54, 1.807) is 7.11 Å². The van der Waals surface area contributed by atoms with Crippen LogP contribution in [-0.2, 0) is 22.6 Å². The van der Waals surface area contributed by atoms with Crippen molar-refractivity contribution in [2.75, 3.05) is 44.1 Å². The average molecular weight is 473 g/mol. The highest BCUT2D eigenvalue weighted by Crippen LogP contribution is 2.35. The highest BCUT2D eigenvalue weighted by molar-refractivity contribution is 6.35. The van der Waals surface area contributed by atoms with Gasteiger partial charge in [0.2, 0.25) is 0 Å². The third-order valence-corrected chi connectivity index (χ3v) is 6.37. The van der Waals surface area contributed by atoms with E-state index in [9.17, 15) is 9.59 Å². The number of benzene rings is 3. The Labute approximate surface area is 206 Å². The van der Waals surface area contributed by atoms with Crippen LogP contribution in [0.25, 0.3) is 0 Å². The summed E-state index contributed by atoms with van der Waals surface area (Å²) in [6.45, 7) is 1.45. The fraction of sp³-hybridized carbons (Fsp3) is 0.286. The van der Waals surface area contributed by atoms with E-state index in [1.807, 2.05) is 44.4 Å². The molecule has 3 aromatic rings. The van der Waals surface area contributed by atoms with Gasteiger partial charge >= 0.3 is 11.8 Å². The lowest BCUT2D eigenvalue weighted by molar-refractivity contribution is -0.139. The van der Waals surface area contributed by atoms with Gasteiger partial charge in [-0.15, -0.1) is 0 Å². The standard InChI is InChI=1S/C28H32N4O3/c1-31(2)23-12-10-22(11-13-23)26(32-17-16-21-6-4-5-7-25(21)32)19-30-28(34)27(33)29-18-20-8-14-24(35-3)15-9-20/h4-15,26H,16-19H2,1-3H3,(H,29,33)(H,30,34). The van der Waals surface area contributed by atoms with E-state index in [2.05, 4.69) is 62.9 Å². The molecule has 0 radical (unpaired) electrons. The second-order valence-electron chi connectivity index (χ2n) is 8.81. The van der Waals surface area contributed by atoms with Crippen molar-refractivity contribution in [3.05, 3.63) is 89.5 Å². The summed E-state index contributed by atoms with van der Waals surface area (Å²) in [5, 5.41) is 5.55. The Morgan fingerprint density at radius 2 is 1.63 bits per heavy atom. The highest BCUT2D eigenvalue weighted by Gasteiger charge is 2.28. The molecule has 1 aliphatic rings. The predicted octanol–water partition coefficient (Wildman–Crippen LogP) is 3.30. The molecule has 3 aromatic carbocycles. The molecule has 0 saturated carbocycles. The fourth-order valence-corrected chi connectivity index (χ4v) is 4.37. The van der Waals surface area contributed by atoms with Crippen molar-refractivity contribution < 1.29 is 14.3 Å². The first-order valence-corrected chi connectivity index (χ1v) is 11.8. The maximum atomic E-state index is 12.6. The molecule has 1 atom stereocenters. The van der Waals surface area contributed by atoms with Crippen LogP contribution >= 0.6 is 0 Å². The van der Waals surface area contributed by atoms with Crippen LogP contribution in [0.3, 0.4) is 0 Å². The maximum Gasteiger partial charge on any atom is 0.309 e. The number of methoxy groups -OCH3 is 1. The smallest absolute Gasteiger partial charge is 0.309 e. The number of anilines is 2. The number of carbonyl (C=O) groups is 2. The molecule has 2 amide bonds. The number of ether oxygens (including phenoxy) is 1. The second-order valence-corrected chi connectivity index (χ2v) is 8.81. The first-order chi connectivity index (χ1) is 17.0. The maximum absolute atomic E-state index is 12.6. The van der Waals surface area contributed by atoms with Gasteiger partial charge in [0, 0.05) is 45.1 Å². The van der Waals surface area contributed by atoms with Gasteiger partial charge in [-0.25, -0.2) is 0 Å². The predicted molar refractivity (Wildman–Crippen MR) is 139 cm³/mol. The molecule has 7 heteroatoms. The van der Waals surface area contributed by atoms with Crippen molar-refractivity contribution in [3.63, 3.8) is 0 Å². The van der Waals surface area contributed by atoms with Crippen molar-refractivity contribution in [1.29, 1.82) is 0 Å². The molecule has 182 valence electrons. The zero-order chi connectivity index (χ0) is 24.8. The summed E-state index contributed by atoms with van der Waals surface area (Å²) in [5.41, 5.74) is 5.56. The number of hydrogen-bond acceptors (Lipinski definition) is 5. The van der Waals surface area contributed by atoms with E-state index in [1.165, 1.54) is 11.3 Å². The zero-order valence-electron chi connectivity index (χ0n) is 20.5. The van der Waals surface area contributed by atoms with Crippen LogP contribution in [0.2, 0.25) is 0 Å². The zero-order valence-corrected chi connectivity index (χ0v) is 20.5. The summed E-state index contributed by atoms with van der Waals surface area (Å²) >= 11 is 0. The number of carbonyl (C=O) groups excluding carboxylic acids is 2. The summed E-state index contributed by atoms with van der Waals surface area (Å²) in [6, 6.07) is 24.0. The van der Waals surface area contributed by atoms with Gasteiger partial charge < -0.3 is 25.2 Å². The summed E-state index contributed by atoms with van der Waals surface area (Å²) < 4.78 is 5.15. The van der Waals surface area contributed by atoms with E-state index in [4.69, 9.17) is 4.74 Å². The summed E-state index contributed by atoms with van der Waals surface area (Å²) in [7, 11) is 5.62. The van der Waals surface area contributed by atoms with Crippen LogP contribution in [0.4, 0.5) is 11.4 Å². The topological polar surface area (TPSA) is 73.9 Å². The Bertz CT molecular complexity index is 1160. The molecule has 0 bridgehead atoms. The molecule has 0 aromatic heterocycles. The van der Waals surface area contributed by atoms with Crippen LogP contribution in [0.1, 0.15) is 22.7 Å². The van der Waals surface area contributed by atoms with Gasteiger partial charge in [-0.2, -0.15) is 0 Å². The first kappa shape index (κ1) is 24.1. The third-order valence-electron chi connectivity index (χ3n) is 6.37. The summed E-state index contributed by atoms with van der Waals surface area (Å²) in [4.78, 5) is 29.5. The quantitative estimate of drug-likeness (QED) is 0.492. The molecule has 1 aliphatic heterocycles. The average Bonchev–Trinajstić information content (AvgIpc) is 3.32. The molecule has 4 rings (SSSR count). The Morgan fingerprint density at radius 3 is 2.31 bits per heavy atom. The second kappa shape index (κ2) is 11.0. The molecule has 7 nitrogen and oxygen atoms in total. The van der Waals surface area contributed by atoms with Crippen LogP contribution in [-0.4, -0.2) is 46.1 Å². The Kier molecular flexibility index (Phi) is 7.55. The number of hydrogen-bond donors (Lipinski definition) is 2. The molecule has 2 N–H and O–H groups in total. The van der Waals surface area contributed by atoms with Crippen molar-refractivity contribution in [2.45, 2.75) is 19.0 Å². The lowest BCUT2D eigenvalue weighted by Gasteiger charge is -2.31. The van der Waals surface area contributed by atoms with Crippen LogP contribution in [0.15, 0.2) is 72.8 Å². The number of para-hydroxylation sites is 1. The summed E-state index contributed by atoms with van der Waals surface area (Å²) in [5.74, 6) is -0.545. The fourth-order valence-electron chi connectivity index (χ4n) is 4.37. The number of fused-ring (bicyclic) bond motifs is 1. The lowest BCUT2D eigenvalue weighted by atomic mass is 10.0. The van der Waals surface area contributed by atoms with Crippen molar-refractivity contribution >= 4 is 23.2 Å². The SMILES string of the molecule is COc1ccc(CNC(=O)C(=O)NCC(c2ccc(N(C)C)cc2)N2CCc3ccccc32)cc1. The van der Waals surface area contributed by atoms with E-state index < -0.39 is 11.8 Å². The van der Waals surface area contributed by atoms with Gasteiger partial charge in [0.25, 0.3) is 0 Å². The first-order valence-electron chi connectivity index (χ1n) is 11.8. The molecule has 0 saturated heterocycles. The normalized spacial score (nSPS) is 13.1. The van der Waals surface area contributed by atoms with Gasteiger partial charge in [-0.05, 0) is 53.4 Å². The minimum absolute atomic E-state index is 0.0896. The van der Waals surface area contributed by atoms with Crippen molar-refractivity contribution in [2.24, 2.45) is 0 Å². The van der Waals surface area contributed by atoms with Gasteiger partial charge in [0.1, 0.15) is 5.75 Å². The van der Waals surface area contributed by atoms with E-state index in [0.717, 1.165) is 35.5 Å². The Balaban J connectivity index is 1.43. The van der Waals surface area contributed by atoms with Crippen LogP contribution < -0.4 is 25.2 Å².